The van der Waals surface area contributed by atoms with Crippen molar-refractivity contribution in [3.63, 3.8) is 0 Å². The third-order valence-electron chi connectivity index (χ3n) is 6.33. The molecule has 2 heterocycles. The minimum Gasteiger partial charge on any atom is -0.444 e. The van der Waals surface area contributed by atoms with Gasteiger partial charge in [-0.25, -0.2) is 9.86 Å². The van der Waals surface area contributed by atoms with Crippen LogP contribution in [0.25, 0.3) is 4.91 Å². The molecule has 1 fully saturated rings. The first-order chi connectivity index (χ1) is 17.2. The summed E-state index contributed by atoms with van der Waals surface area (Å²) in [6, 6.07) is 6.58. The summed E-state index contributed by atoms with van der Waals surface area (Å²) in [7, 11) is 1.87. The van der Waals surface area contributed by atoms with Crippen LogP contribution < -0.4 is 10.6 Å². The minimum atomic E-state index is -0.822. The smallest absolute Gasteiger partial charge is 0.408 e. The fraction of sp³-hybridized carbons (Fsp3) is 0.593. The lowest BCUT2D eigenvalue weighted by Gasteiger charge is -2.35. The first-order valence-electron chi connectivity index (χ1n) is 12.6. The number of hydrogen-bond acceptors (Lipinski definition) is 7. The minimum absolute atomic E-state index is 0.195. The van der Waals surface area contributed by atoms with Gasteiger partial charge in [0.25, 0.3) is 0 Å². The van der Waals surface area contributed by atoms with Crippen LogP contribution in [0.15, 0.2) is 30.0 Å². The summed E-state index contributed by atoms with van der Waals surface area (Å²) in [6.07, 6.45) is 0.659. The molecule has 2 atom stereocenters. The molecule has 0 radical (unpaired) electrons. The van der Waals surface area contributed by atoms with E-state index in [0.29, 0.717) is 19.5 Å². The van der Waals surface area contributed by atoms with Gasteiger partial charge in [-0.3, -0.25) is 9.59 Å². The molecule has 37 heavy (non-hydrogen) atoms. The monoisotopic (exact) mass is 532 g/mol. The zero-order valence-electron chi connectivity index (χ0n) is 23.1. The Bertz CT molecular complexity index is 1040. The lowest BCUT2D eigenvalue weighted by molar-refractivity contribution is -0.142. The maximum atomic E-state index is 13.6. The van der Waals surface area contributed by atoms with Gasteiger partial charge in [-0.1, -0.05) is 45.0 Å². The fourth-order valence-corrected chi connectivity index (χ4v) is 5.01. The van der Waals surface area contributed by atoms with E-state index in [-0.39, 0.29) is 11.8 Å². The van der Waals surface area contributed by atoms with Crippen LogP contribution >= 0.6 is 12.0 Å². The lowest BCUT2D eigenvalue weighted by atomic mass is 9.85. The number of rotatable bonds is 6. The van der Waals surface area contributed by atoms with Crippen LogP contribution in [0.5, 0.6) is 0 Å². The molecule has 0 aliphatic carbocycles. The number of ether oxygens (including phenoxy) is 1. The zero-order valence-corrected chi connectivity index (χ0v) is 24.0. The highest BCUT2D eigenvalue weighted by molar-refractivity contribution is 8.04. The van der Waals surface area contributed by atoms with Crippen molar-refractivity contribution >= 4 is 34.9 Å². The molecule has 3 rings (SSSR count). The summed E-state index contributed by atoms with van der Waals surface area (Å²) < 4.78 is 10.8. The van der Waals surface area contributed by atoms with E-state index < -0.39 is 29.2 Å². The fourth-order valence-electron chi connectivity index (χ4n) is 4.23. The molecule has 3 amide bonds. The predicted octanol–water partition coefficient (Wildman–Crippen LogP) is 4.45. The van der Waals surface area contributed by atoms with Crippen LogP contribution in [0, 0.1) is 5.41 Å². The van der Waals surface area contributed by atoms with Gasteiger partial charge in [0.05, 0.1) is 22.6 Å². The Balaban J connectivity index is 1.63. The molecular formula is C27H40N4O5S. The maximum Gasteiger partial charge on any atom is 0.408 e. The van der Waals surface area contributed by atoms with E-state index in [4.69, 9.17) is 9.02 Å². The van der Waals surface area contributed by atoms with Gasteiger partial charge in [0.2, 0.25) is 11.8 Å². The van der Waals surface area contributed by atoms with Gasteiger partial charge in [-0.05, 0) is 57.1 Å². The molecule has 9 nitrogen and oxygen atoms in total. The molecule has 204 valence electrons. The zero-order chi connectivity index (χ0) is 27.5. The first-order valence-corrected chi connectivity index (χ1v) is 13.4. The number of allylic oxidation sites excluding steroid dienone is 1. The van der Waals surface area contributed by atoms with Crippen LogP contribution in [0.1, 0.15) is 72.4 Å². The molecule has 2 aliphatic rings. The largest absolute Gasteiger partial charge is 0.444 e. The van der Waals surface area contributed by atoms with Crippen molar-refractivity contribution in [3.8, 4) is 0 Å². The van der Waals surface area contributed by atoms with Crippen molar-refractivity contribution in [3.05, 3.63) is 41.1 Å². The highest BCUT2D eigenvalue weighted by Gasteiger charge is 2.42. The van der Waals surface area contributed by atoms with Gasteiger partial charge in [0, 0.05) is 20.1 Å². The summed E-state index contributed by atoms with van der Waals surface area (Å²) in [5, 5.41) is 7.46. The molecule has 2 N–H and O–H groups in total. The van der Waals surface area contributed by atoms with Crippen molar-refractivity contribution in [2.24, 2.45) is 5.41 Å². The van der Waals surface area contributed by atoms with Crippen LogP contribution in [-0.4, -0.2) is 59.1 Å². The number of alkyl carbamates (subject to hydrolysis) is 1. The molecule has 1 saturated heterocycles. The number of carbonyl (C=O) groups is 3. The Morgan fingerprint density at radius 1 is 1.14 bits per heavy atom. The number of amides is 3. The van der Waals surface area contributed by atoms with E-state index in [1.165, 1.54) is 12.0 Å². The van der Waals surface area contributed by atoms with Gasteiger partial charge >= 0.3 is 6.09 Å². The number of benzene rings is 1. The molecule has 2 unspecified atom stereocenters. The van der Waals surface area contributed by atoms with Gasteiger partial charge < -0.3 is 20.3 Å². The summed E-state index contributed by atoms with van der Waals surface area (Å²) in [5.74, 6) is -0.468. The summed E-state index contributed by atoms with van der Waals surface area (Å²) in [4.78, 5) is 41.8. The predicted molar refractivity (Wildman–Crippen MR) is 145 cm³/mol. The normalized spacial score (nSPS) is 19.2. The van der Waals surface area contributed by atoms with Gasteiger partial charge in [-0.15, -0.1) is 0 Å². The van der Waals surface area contributed by atoms with Crippen LogP contribution in [0.3, 0.4) is 0 Å². The number of hydroxylamine groups is 2. The van der Waals surface area contributed by atoms with Crippen molar-refractivity contribution in [1.29, 1.82) is 0 Å². The highest BCUT2D eigenvalue weighted by atomic mass is 32.2. The Labute approximate surface area is 224 Å². The van der Waals surface area contributed by atoms with E-state index in [2.05, 4.69) is 10.6 Å². The van der Waals surface area contributed by atoms with E-state index in [1.807, 2.05) is 59.0 Å². The number of likely N-dealkylation sites (tertiary alicyclic amines) is 1. The molecule has 0 aromatic heterocycles. The Morgan fingerprint density at radius 2 is 1.78 bits per heavy atom. The first kappa shape index (κ1) is 28.8. The standard InChI is InChI=1S/C27H40N4O5S/c1-17-21(37-36-30(17)8)19-13-11-18(12-14-19)16-28-23(32)20-10-9-15-31(20)24(33)22(26(2,3)4)29-25(34)35-27(5,6)7/h11-14,20,22H,9-10,15-16H2,1-8H3,(H,28,32)(H,29,34). The summed E-state index contributed by atoms with van der Waals surface area (Å²) >= 11 is 1.33. The SMILES string of the molecule is CC1=C(c2ccc(CNC(=O)C3CCCN3C(=O)C(NC(=O)OC(C)(C)C)C(C)(C)C)cc2)SON1C. The molecular weight excluding hydrogens is 492 g/mol. The topological polar surface area (TPSA) is 100 Å². The highest BCUT2D eigenvalue weighted by Crippen LogP contribution is 2.39. The Morgan fingerprint density at radius 3 is 2.32 bits per heavy atom. The average Bonchev–Trinajstić information content (AvgIpc) is 3.41. The number of nitrogens with one attached hydrogen (secondary N) is 2. The third-order valence-corrected chi connectivity index (χ3v) is 7.32. The lowest BCUT2D eigenvalue weighted by Crippen LogP contribution is -2.58. The summed E-state index contributed by atoms with van der Waals surface area (Å²) in [6.45, 7) is 13.8. The molecule has 1 aromatic carbocycles. The average molecular weight is 533 g/mol. The molecule has 0 spiro atoms. The molecule has 2 aliphatic heterocycles. The van der Waals surface area contributed by atoms with Crippen molar-refractivity contribution in [2.75, 3.05) is 13.6 Å². The van der Waals surface area contributed by atoms with Crippen LogP contribution in [-0.2, 0) is 25.2 Å². The van der Waals surface area contributed by atoms with Crippen LogP contribution in [0.4, 0.5) is 4.79 Å². The van der Waals surface area contributed by atoms with Gasteiger partial charge in [-0.2, -0.15) is 4.28 Å². The van der Waals surface area contributed by atoms with Gasteiger partial charge in [0.15, 0.2) is 0 Å². The van der Waals surface area contributed by atoms with Crippen LogP contribution in [0.2, 0.25) is 0 Å². The Kier molecular flexibility index (Phi) is 8.85. The van der Waals surface area contributed by atoms with Crippen molar-refractivity contribution in [2.45, 2.75) is 85.5 Å². The van der Waals surface area contributed by atoms with E-state index in [9.17, 15) is 14.4 Å². The number of carbonyl (C=O) groups excluding carboxylic acids is 3. The maximum absolute atomic E-state index is 13.6. The second kappa shape index (κ2) is 11.3. The molecule has 0 bridgehead atoms. The summed E-state index contributed by atoms with van der Waals surface area (Å²) in [5.41, 5.74) is 1.82. The third kappa shape index (κ3) is 7.41. The van der Waals surface area contributed by atoms with Crippen molar-refractivity contribution in [1.82, 2.24) is 20.6 Å². The Hall–Kier alpha value is -2.72. The molecule has 10 heteroatoms. The second-order valence-electron chi connectivity index (χ2n) is 11.6. The number of hydrogen-bond donors (Lipinski definition) is 2. The van der Waals surface area contributed by atoms with E-state index in [1.54, 1.807) is 30.7 Å². The second-order valence-corrected chi connectivity index (χ2v) is 12.3. The molecule has 1 aromatic rings. The van der Waals surface area contributed by atoms with E-state index >= 15 is 0 Å². The van der Waals surface area contributed by atoms with E-state index in [0.717, 1.165) is 28.1 Å². The number of nitrogens with zero attached hydrogens (tertiary/aromatic N) is 2. The molecule has 0 saturated carbocycles. The van der Waals surface area contributed by atoms with Crippen molar-refractivity contribution < 1.29 is 23.4 Å². The van der Waals surface area contributed by atoms with Gasteiger partial charge in [0.1, 0.15) is 17.7 Å². The quantitative estimate of drug-likeness (QED) is 0.522.